The third-order valence-corrected chi connectivity index (χ3v) is 3.05. The zero-order valence-corrected chi connectivity index (χ0v) is 12.5. The average Bonchev–Trinajstić information content (AvgIpc) is 2.44. The Kier molecular flexibility index (Phi) is 9.07. The molecule has 0 aromatic carbocycles. The Labute approximate surface area is 117 Å². The summed E-state index contributed by atoms with van der Waals surface area (Å²) in [5.41, 5.74) is 1.07. The lowest BCUT2D eigenvalue weighted by atomic mass is 10.2. The molecule has 0 aliphatic rings. The summed E-state index contributed by atoms with van der Waals surface area (Å²) < 4.78 is 5.68. The van der Waals surface area contributed by atoms with Crippen molar-refractivity contribution in [2.75, 3.05) is 13.2 Å². The van der Waals surface area contributed by atoms with Gasteiger partial charge < -0.3 is 10.1 Å². The maximum atomic E-state index is 5.68. The Hall–Kier alpha value is -1.09. The van der Waals surface area contributed by atoms with E-state index < -0.39 is 0 Å². The van der Waals surface area contributed by atoms with Crippen LogP contribution in [0.4, 0.5) is 0 Å². The molecule has 1 N–H and O–H groups in total. The molecule has 0 bridgehead atoms. The van der Waals surface area contributed by atoms with Crippen LogP contribution in [0.1, 0.15) is 58.1 Å². The first kappa shape index (κ1) is 16.0. The number of hydrogen-bond donors (Lipinski definition) is 1. The van der Waals surface area contributed by atoms with E-state index in [0.717, 1.165) is 44.0 Å². The van der Waals surface area contributed by atoms with E-state index in [1.54, 1.807) is 0 Å². The van der Waals surface area contributed by atoms with Gasteiger partial charge in [-0.1, -0.05) is 39.5 Å². The van der Waals surface area contributed by atoms with Gasteiger partial charge in [-0.3, -0.25) is 4.98 Å². The highest BCUT2D eigenvalue weighted by molar-refractivity contribution is 5.19. The number of nitrogens with one attached hydrogen (secondary N) is 1. The summed E-state index contributed by atoms with van der Waals surface area (Å²) in [6, 6.07) is 4.05. The van der Waals surface area contributed by atoms with E-state index in [9.17, 15) is 0 Å². The van der Waals surface area contributed by atoms with Crippen molar-refractivity contribution in [1.29, 1.82) is 0 Å². The molecule has 0 aliphatic carbocycles. The smallest absolute Gasteiger partial charge is 0.137 e. The van der Waals surface area contributed by atoms with Gasteiger partial charge in [0.05, 0.1) is 18.5 Å². The Morgan fingerprint density at radius 3 is 2.58 bits per heavy atom. The number of rotatable bonds is 11. The zero-order chi connectivity index (χ0) is 13.8. The quantitative estimate of drug-likeness (QED) is 0.615. The number of nitrogens with zero attached hydrogens (tertiary/aromatic N) is 1. The van der Waals surface area contributed by atoms with Crippen LogP contribution >= 0.6 is 0 Å². The molecule has 3 nitrogen and oxygen atoms in total. The van der Waals surface area contributed by atoms with Crippen molar-refractivity contribution in [2.24, 2.45) is 0 Å². The molecule has 0 unspecified atom stereocenters. The molecule has 0 saturated carbocycles. The highest BCUT2D eigenvalue weighted by atomic mass is 16.5. The summed E-state index contributed by atoms with van der Waals surface area (Å²) in [7, 11) is 0. The second-order valence-corrected chi connectivity index (χ2v) is 4.92. The first-order valence-electron chi connectivity index (χ1n) is 7.65. The summed E-state index contributed by atoms with van der Waals surface area (Å²) in [5.74, 6) is 0.884. The van der Waals surface area contributed by atoms with Gasteiger partial charge in [-0.2, -0.15) is 0 Å². The second kappa shape index (κ2) is 10.8. The molecule has 0 aliphatic heterocycles. The van der Waals surface area contributed by atoms with Gasteiger partial charge in [0.2, 0.25) is 0 Å². The van der Waals surface area contributed by atoms with Crippen LogP contribution in [0.3, 0.4) is 0 Å². The van der Waals surface area contributed by atoms with Gasteiger partial charge in [0.25, 0.3) is 0 Å². The van der Waals surface area contributed by atoms with Crippen molar-refractivity contribution >= 4 is 0 Å². The fourth-order valence-electron chi connectivity index (χ4n) is 1.89. The predicted octanol–water partition coefficient (Wildman–Crippen LogP) is 3.93. The highest BCUT2D eigenvalue weighted by Crippen LogP contribution is 2.10. The van der Waals surface area contributed by atoms with Crippen molar-refractivity contribution in [3.63, 3.8) is 0 Å². The SMILES string of the molecule is CCCCCCCOc1ccc(CNCCC)nc1. The van der Waals surface area contributed by atoms with Gasteiger partial charge >= 0.3 is 0 Å². The molecule has 0 amide bonds. The molecule has 0 atom stereocenters. The van der Waals surface area contributed by atoms with Gasteiger partial charge in [0.15, 0.2) is 0 Å². The standard InChI is InChI=1S/C16H28N2O/c1-3-5-6-7-8-12-19-16-10-9-15(18-14-16)13-17-11-4-2/h9-10,14,17H,3-8,11-13H2,1-2H3. The van der Waals surface area contributed by atoms with Crippen molar-refractivity contribution in [3.8, 4) is 5.75 Å². The molecular formula is C16H28N2O. The molecular weight excluding hydrogens is 236 g/mol. The van der Waals surface area contributed by atoms with Crippen LogP contribution in [0.5, 0.6) is 5.75 Å². The molecule has 108 valence electrons. The third-order valence-electron chi connectivity index (χ3n) is 3.05. The van der Waals surface area contributed by atoms with Crippen LogP contribution in [-0.2, 0) is 6.54 Å². The lowest BCUT2D eigenvalue weighted by Crippen LogP contribution is -2.14. The lowest BCUT2D eigenvalue weighted by molar-refractivity contribution is 0.303. The van der Waals surface area contributed by atoms with Crippen molar-refractivity contribution in [1.82, 2.24) is 10.3 Å². The molecule has 1 aromatic heterocycles. The van der Waals surface area contributed by atoms with E-state index in [1.165, 1.54) is 25.7 Å². The van der Waals surface area contributed by atoms with Crippen LogP contribution in [0.25, 0.3) is 0 Å². The average molecular weight is 264 g/mol. The fourth-order valence-corrected chi connectivity index (χ4v) is 1.89. The first-order chi connectivity index (χ1) is 9.36. The molecule has 0 fully saturated rings. The fraction of sp³-hybridized carbons (Fsp3) is 0.688. The van der Waals surface area contributed by atoms with Crippen LogP contribution in [0.2, 0.25) is 0 Å². The number of unbranched alkanes of at least 4 members (excludes halogenated alkanes) is 4. The number of pyridine rings is 1. The first-order valence-corrected chi connectivity index (χ1v) is 7.65. The number of aromatic nitrogens is 1. The number of ether oxygens (including phenoxy) is 1. The zero-order valence-electron chi connectivity index (χ0n) is 12.5. The Morgan fingerprint density at radius 2 is 1.89 bits per heavy atom. The summed E-state index contributed by atoms with van der Waals surface area (Å²) in [5, 5.41) is 3.34. The monoisotopic (exact) mass is 264 g/mol. The van der Waals surface area contributed by atoms with E-state index in [0.29, 0.717) is 0 Å². The summed E-state index contributed by atoms with van der Waals surface area (Å²) in [4.78, 5) is 4.39. The van der Waals surface area contributed by atoms with Gasteiger partial charge in [-0.15, -0.1) is 0 Å². The van der Waals surface area contributed by atoms with E-state index in [1.807, 2.05) is 18.3 Å². The Balaban J connectivity index is 2.13. The van der Waals surface area contributed by atoms with Gasteiger partial charge in [0.1, 0.15) is 5.75 Å². The Morgan fingerprint density at radius 1 is 1.05 bits per heavy atom. The molecule has 0 saturated heterocycles. The van der Waals surface area contributed by atoms with Crippen molar-refractivity contribution in [2.45, 2.75) is 58.9 Å². The normalized spacial score (nSPS) is 10.6. The summed E-state index contributed by atoms with van der Waals surface area (Å²) >= 11 is 0. The summed E-state index contributed by atoms with van der Waals surface area (Å²) in [6.45, 7) is 7.08. The number of hydrogen-bond acceptors (Lipinski definition) is 3. The maximum Gasteiger partial charge on any atom is 0.137 e. The van der Waals surface area contributed by atoms with E-state index >= 15 is 0 Å². The lowest BCUT2D eigenvalue weighted by Gasteiger charge is -2.07. The third kappa shape index (κ3) is 7.83. The topological polar surface area (TPSA) is 34.1 Å². The van der Waals surface area contributed by atoms with Crippen molar-refractivity contribution < 1.29 is 4.74 Å². The minimum absolute atomic E-state index is 0.804. The molecule has 1 aromatic rings. The van der Waals surface area contributed by atoms with Gasteiger partial charge in [-0.25, -0.2) is 0 Å². The van der Waals surface area contributed by atoms with Crippen LogP contribution < -0.4 is 10.1 Å². The summed E-state index contributed by atoms with van der Waals surface area (Å²) in [6.07, 6.45) is 9.33. The van der Waals surface area contributed by atoms with Crippen molar-refractivity contribution in [3.05, 3.63) is 24.0 Å². The molecule has 1 rings (SSSR count). The van der Waals surface area contributed by atoms with Gasteiger partial charge in [0, 0.05) is 6.54 Å². The molecule has 3 heteroatoms. The van der Waals surface area contributed by atoms with E-state index in [4.69, 9.17) is 4.74 Å². The Bertz CT molecular complexity index is 311. The highest BCUT2D eigenvalue weighted by Gasteiger charge is 1.97. The van der Waals surface area contributed by atoms with Crippen LogP contribution in [0.15, 0.2) is 18.3 Å². The van der Waals surface area contributed by atoms with Gasteiger partial charge in [-0.05, 0) is 31.5 Å². The molecule has 1 heterocycles. The second-order valence-electron chi connectivity index (χ2n) is 4.92. The molecule has 19 heavy (non-hydrogen) atoms. The molecule has 0 spiro atoms. The minimum atomic E-state index is 0.804. The largest absolute Gasteiger partial charge is 0.492 e. The van der Waals surface area contributed by atoms with Crippen LogP contribution in [-0.4, -0.2) is 18.1 Å². The van der Waals surface area contributed by atoms with E-state index in [-0.39, 0.29) is 0 Å². The van der Waals surface area contributed by atoms with E-state index in [2.05, 4.69) is 24.1 Å². The molecule has 0 radical (unpaired) electrons. The minimum Gasteiger partial charge on any atom is -0.492 e. The maximum absolute atomic E-state index is 5.68. The predicted molar refractivity (Wildman–Crippen MR) is 80.5 cm³/mol. The van der Waals surface area contributed by atoms with Crippen LogP contribution in [0, 0.1) is 0 Å².